The van der Waals surface area contributed by atoms with Crippen molar-refractivity contribution in [3.8, 4) is 0 Å². The summed E-state index contributed by atoms with van der Waals surface area (Å²) in [6.45, 7) is 11.2. The molecule has 0 aromatic rings. The number of amides is 1. The van der Waals surface area contributed by atoms with Crippen LogP contribution >= 0.6 is 0 Å². The lowest BCUT2D eigenvalue weighted by molar-refractivity contribution is -0.121. The maximum Gasteiger partial charge on any atom is 0.234 e. The molecule has 0 heterocycles. The number of nitrogens with one attached hydrogen (secondary N) is 2. The Labute approximate surface area is 107 Å². The van der Waals surface area contributed by atoms with Gasteiger partial charge in [0.15, 0.2) is 0 Å². The summed E-state index contributed by atoms with van der Waals surface area (Å²) < 4.78 is 0. The zero-order valence-corrected chi connectivity index (χ0v) is 12.2. The Balaban J connectivity index is 4.04. The lowest BCUT2D eigenvalue weighted by atomic mass is 9.90. The van der Waals surface area contributed by atoms with Gasteiger partial charge in [-0.3, -0.25) is 4.79 Å². The highest BCUT2D eigenvalue weighted by atomic mass is 16.1. The lowest BCUT2D eigenvalue weighted by Crippen LogP contribution is -2.49. The molecule has 0 aliphatic rings. The molecule has 0 radical (unpaired) electrons. The Morgan fingerprint density at radius 2 is 1.65 bits per heavy atom. The van der Waals surface area contributed by atoms with Gasteiger partial charge < -0.3 is 10.6 Å². The first-order valence-electron chi connectivity index (χ1n) is 7.07. The second-order valence-electron chi connectivity index (χ2n) is 4.95. The van der Waals surface area contributed by atoms with E-state index in [0.717, 1.165) is 32.1 Å². The van der Waals surface area contributed by atoms with Crippen molar-refractivity contribution in [1.29, 1.82) is 0 Å². The van der Waals surface area contributed by atoms with Crippen molar-refractivity contribution < 1.29 is 4.79 Å². The zero-order valence-electron chi connectivity index (χ0n) is 12.2. The van der Waals surface area contributed by atoms with E-state index in [-0.39, 0.29) is 17.5 Å². The molecule has 3 nitrogen and oxygen atoms in total. The normalized spacial score (nSPS) is 13.5. The van der Waals surface area contributed by atoms with Crippen LogP contribution in [0.3, 0.4) is 0 Å². The number of hydrogen-bond donors (Lipinski definition) is 2. The Morgan fingerprint density at radius 3 is 2.06 bits per heavy atom. The molecule has 0 rings (SSSR count). The first-order chi connectivity index (χ1) is 8.03. The van der Waals surface area contributed by atoms with E-state index in [9.17, 15) is 4.79 Å². The molecule has 102 valence electrons. The van der Waals surface area contributed by atoms with Crippen LogP contribution in [0.4, 0.5) is 0 Å². The molecule has 1 atom stereocenters. The second-order valence-corrected chi connectivity index (χ2v) is 4.95. The van der Waals surface area contributed by atoms with Gasteiger partial charge in [0.05, 0.1) is 6.54 Å². The molecule has 0 saturated heterocycles. The summed E-state index contributed by atoms with van der Waals surface area (Å²) in [6.07, 6.45) is 5.36. The molecular weight excluding hydrogens is 212 g/mol. The van der Waals surface area contributed by atoms with E-state index in [1.165, 1.54) is 0 Å². The molecule has 0 aromatic carbocycles. The van der Waals surface area contributed by atoms with Gasteiger partial charge in [-0.25, -0.2) is 0 Å². The highest BCUT2D eigenvalue weighted by Crippen LogP contribution is 2.18. The molecule has 3 heteroatoms. The Hall–Kier alpha value is -0.570. The average Bonchev–Trinajstić information content (AvgIpc) is 2.32. The first-order valence-corrected chi connectivity index (χ1v) is 7.07. The molecule has 0 spiro atoms. The summed E-state index contributed by atoms with van der Waals surface area (Å²) in [5.41, 5.74) is 0.130. The van der Waals surface area contributed by atoms with Gasteiger partial charge in [0.2, 0.25) is 5.91 Å². The van der Waals surface area contributed by atoms with Crippen molar-refractivity contribution in [3.05, 3.63) is 0 Å². The van der Waals surface area contributed by atoms with E-state index in [1.54, 1.807) is 0 Å². The van der Waals surface area contributed by atoms with Crippen LogP contribution in [-0.4, -0.2) is 24.0 Å². The standard InChI is InChI=1S/C14H30N2O/c1-6-10-12(5)16-13(17)11-15-14(7-2,8-3)9-4/h12,15H,6-11H2,1-5H3,(H,16,17). The van der Waals surface area contributed by atoms with Crippen LogP contribution in [0.25, 0.3) is 0 Å². The molecule has 0 bridgehead atoms. The van der Waals surface area contributed by atoms with Gasteiger partial charge in [0.25, 0.3) is 0 Å². The maximum absolute atomic E-state index is 11.7. The van der Waals surface area contributed by atoms with Gasteiger partial charge >= 0.3 is 0 Å². The van der Waals surface area contributed by atoms with Crippen LogP contribution in [0.5, 0.6) is 0 Å². The van der Waals surface area contributed by atoms with Gasteiger partial charge in [0, 0.05) is 11.6 Å². The van der Waals surface area contributed by atoms with Crippen molar-refractivity contribution >= 4 is 5.91 Å². The highest BCUT2D eigenvalue weighted by Gasteiger charge is 2.23. The number of carbonyl (C=O) groups excluding carboxylic acids is 1. The molecule has 0 aliphatic heterocycles. The highest BCUT2D eigenvalue weighted by molar-refractivity contribution is 5.78. The van der Waals surface area contributed by atoms with Crippen LogP contribution < -0.4 is 10.6 Å². The molecular formula is C14H30N2O. The summed E-state index contributed by atoms with van der Waals surface area (Å²) >= 11 is 0. The van der Waals surface area contributed by atoms with Crippen LogP contribution in [0, 0.1) is 0 Å². The van der Waals surface area contributed by atoms with Crippen molar-refractivity contribution in [2.75, 3.05) is 6.54 Å². The van der Waals surface area contributed by atoms with E-state index in [4.69, 9.17) is 0 Å². The number of rotatable bonds is 9. The smallest absolute Gasteiger partial charge is 0.234 e. The molecule has 0 aliphatic carbocycles. The van der Waals surface area contributed by atoms with Crippen molar-refractivity contribution in [1.82, 2.24) is 10.6 Å². The molecule has 2 N–H and O–H groups in total. The van der Waals surface area contributed by atoms with Crippen molar-refractivity contribution in [2.45, 2.75) is 78.3 Å². The third-order valence-electron chi connectivity index (χ3n) is 3.78. The molecule has 1 unspecified atom stereocenters. The van der Waals surface area contributed by atoms with Crippen molar-refractivity contribution in [2.24, 2.45) is 0 Å². The summed E-state index contributed by atoms with van der Waals surface area (Å²) in [6, 6.07) is 0.286. The fourth-order valence-electron chi connectivity index (χ4n) is 2.22. The largest absolute Gasteiger partial charge is 0.353 e. The predicted molar refractivity (Wildman–Crippen MR) is 74.1 cm³/mol. The van der Waals surface area contributed by atoms with Crippen LogP contribution in [-0.2, 0) is 4.79 Å². The first kappa shape index (κ1) is 16.4. The summed E-state index contributed by atoms with van der Waals surface area (Å²) in [4.78, 5) is 11.7. The van der Waals surface area contributed by atoms with Gasteiger partial charge in [0.1, 0.15) is 0 Å². The zero-order chi connectivity index (χ0) is 13.3. The van der Waals surface area contributed by atoms with Crippen LogP contribution in [0.2, 0.25) is 0 Å². The van der Waals surface area contributed by atoms with E-state index in [2.05, 4.69) is 45.3 Å². The number of hydrogen-bond acceptors (Lipinski definition) is 2. The average molecular weight is 242 g/mol. The van der Waals surface area contributed by atoms with Crippen molar-refractivity contribution in [3.63, 3.8) is 0 Å². The van der Waals surface area contributed by atoms with E-state index in [1.807, 2.05) is 0 Å². The monoisotopic (exact) mass is 242 g/mol. The lowest BCUT2D eigenvalue weighted by Gasteiger charge is -2.32. The van der Waals surface area contributed by atoms with Gasteiger partial charge in [-0.15, -0.1) is 0 Å². The fourth-order valence-corrected chi connectivity index (χ4v) is 2.22. The van der Waals surface area contributed by atoms with Gasteiger partial charge in [-0.1, -0.05) is 34.1 Å². The third kappa shape index (κ3) is 6.06. The molecule has 0 aromatic heterocycles. The summed E-state index contributed by atoms with van der Waals surface area (Å²) in [5, 5.41) is 6.44. The van der Waals surface area contributed by atoms with E-state index in [0.29, 0.717) is 6.54 Å². The second kappa shape index (κ2) is 8.51. The molecule has 0 saturated carbocycles. The molecule has 0 fully saturated rings. The van der Waals surface area contributed by atoms with Gasteiger partial charge in [-0.05, 0) is 32.6 Å². The van der Waals surface area contributed by atoms with E-state index >= 15 is 0 Å². The molecule has 17 heavy (non-hydrogen) atoms. The maximum atomic E-state index is 11.7. The van der Waals surface area contributed by atoms with Crippen LogP contribution in [0.15, 0.2) is 0 Å². The fraction of sp³-hybridized carbons (Fsp3) is 0.929. The Morgan fingerprint density at radius 1 is 1.12 bits per heavy atom. The quantitative estimate of drug-likeness (QED) is 0.653. The van der Waals surface area contributed by atoms with Gasteiger partial charge in [-0.2, -0.15) is 0 Å². The summed E-state index contributed by atoms with van der Waals surface area (Å²) in [5.74, 6) is 0.116. The minimum atomic E-state index is 0.116. The third-order valence-corrected chi connectivity index (χ3v) is 3.78. The van der Waals surface area contributed by atoms with E-state index < -0.39 is 0 Å². The number of carbonyl (C=O) groups is 1. The summed E-state index contributed by atoms with van der Waals surface area (Å²) in [7, 11) is 0. The topological polar surface area (TPSA) is 41.1 Å². The molecule has 1 amide bonds. The van der Waals surface area contributed by atoms with Crippen LogP contribution in [0.1, 0.15) is 66.7 Å². The minimum Gasteiger partial charge on any atom is -0.353 e. The minimum absolute atomic E-state index is 0.116. The SMILES string of the molecule is CCCC(C)NC(=O)CNC(CC)(CC)CC. The Bertz CT molecular complexity index is 204. The predicted octanol–water partition coefficient (Wildman–Crippen LogP) is 2.85. The Kier molecular flexibility index (Phi) is 8.23.